The monoisotopic (exact) mass is 231 g/mol. The molecule has 2 rings (SSSR count). The molecule has 86 valence electrons. The number of alkyl halides is 3. The third-order valence-corrected chi connectivity index (χ3v) is 2.43. The number of hydrogen-bond acceptors (Lipinski definition) is 3. The van der Waals surface area contributed by atoms with E-state index in [1.807, 2.05) is 0 Å². The second kappa shape index (κ2) is 3.55. The summed E-state index contributed by atoms with van der Waals surface area (Å²) < 4.78 is 42.2. The first-order valence-electron chi connectivity index (χ1n) is 4.61. The molecule has 3 nitrogen and oxygen atoms in total. The van der Waals surface area contributed by atoms with Crippen LogP contribution in [0.5, 0.6) is 0 Å². The molecule has 16 heavy (non-hydrogen) atoms. The molecule has 2 heterocycles. The van der Waals surface area contributed by atoms with E-state index in [2.05, 4.69) is 4.98 Å². The van der Waals surface area contributed by atoms with Crippen LogP contribution < -0.4 is 0 Å². The van der Waals surface area contributed by atoms with Gasteiger partial charge in [-0.1, -0.05) is 0 Å². The zero-order valence-corrected chi connectivity index (χ0v) is 8.34. The minimum atomic E-state index is -4.50. The van der Waals surface area contributed by atoms with E-state index in [9.17, 15) is 18.0 Å². The third kappa shape index (κ3) is 1.80. The molecular formula is C10H8F3NO2. The summed E-state index contributed by atoms with van der Waals surface area (Å²) in [4.78, 5) is 14.6. The van der Waals surface area contributed by atoms with Gasteiger partial charge in [-0.3, -0.25) is 9.78 Å². The van der Waals surface area contributed by atoms with Gasteiger partial charge in [0.15, 0.2) is 5.78 Å². The van der Waals surface area contributed by atoms with Crippen molar-refractivity contribution >= 4 is 5.78 Å². The highest BCUT2D eigenvalue weighted by Gasteiger charge is 2.35. The molecule has 1 aromatic heterocycles. The number of fused-ring (bicyclic) bond motifs is 1. The summed E-state index contributed by atoms with van der Waals surface area (Å²) in [7, 11) is 0. The Labute approximate surface area is 89.2 Å². The Morgan fingerprint density at radius 3 is 2.81 bits per heavy atom. The number of ketones is 1. The molecule has 1 aromatic rings. The van der Waals surface area contributed by atoms with Crippen molar-refractivity contribution < 1.29 is 22.7 Å². The van der Waals surface area contributed by atoms with Crippen molar-refractivity contribution in [2.24, 2.45) is 0 Å². The normalized spacial score (nSPS) is 20.8. The number of hydrogen-bond donors (Lipinski definition) is 0. The van der Waals surface area contributed by atoms with Crippen LogP contribution in [0.4, 0.5) is 13.2 Å². The molecule has 0 amide bonds. The molecule has 1 aliphatic rings. The number of nitrogens with zero attached hydrogens (tertiary/aromatic N) is 1. The van der Waals surface area contributed by atoms with Gasteiger partial charge in [0, 0.05) is 11.8 Å². The van der Waals surface area contributed by atoms with Crippen molar-refractivity contribution in [3.8, 4) is 0 Å². The second-order valence-corrected chi connectivity index (χ2v) is 3.53. The maximum atomic E-state index is 12.4. The van der Waals surface area contributed by atoms with Crippen LogP contribution in [0.25, 0.3) is 0 Å². The summed E-state index contributed by atoms with van der Waals surface area (Å²) in [5, 5.41) is 0. The number of rotatable bonds is 0. The number of carbonyl (C=O) groups is 1. The minimum absolute atomic E-state index is 0.110. The number of carbonyl (C=O) groups excluding carboxylic acids is 1. The van der Waals surface area contributed by atoms with Gasteiger partial charge in [0.05, 0.1) is 6.10 Å². The maximum Gasteiger partial charge on any atom is 0.433 e. The number of Topliss-reactive ketones (excluding diaryl/α,β-unsaturated/α-hetero) is 1. The van der Waals surface area contributed by atoms with Crippen LogP contribution in [-0.4, -0.2) is 17.4 Å². The summed E-state index contributed by atoms with van der Waals surface area (Å²) in [6.07, 6.45) is -4.05. The molecule has 0 saturated carbocycles. The molecule has 0 spiro atoms. The smallest absolute Gasteiger partial charge is 0.366 e. The van der Waals surface area contributed by atoms with Crippen molar-refractivity contribution in [2.45, 2.75) is 19.2 Å². The van der Waals surface area contributed by atoms with Crippen LogP contribution in [0.2, 0.25) is 0 Å². The topological polar surface area (TPSA) is 39.2 Å². The molecule has 0 aliphatic carbocycles. The highest BCUT2D eigenvalue weighted by Crippen LogP contribution is 2.32. The van der Waals surface area contributed by atoms with Gasteiger partial charge in [0.2, 0.25) is 0 Å². The first-order chi connectivity index (χ1) is 7.39. The van der Waals surface area contributed by atoms with Gasteiger partial charge in [-0.15, -0.1) is 0 Å². The summed E-state index contributed by atoms with van der Waals surface area (Å²) in [5.41, 5.74) is -0.540. The van der Waals surface area contributed by atoms with Gasteiger partial charge in [0.25, 0.3) is 0 Å². The number of pyridine rings is 1. The molecule has 0 saturated heterocycles. The SMILES string of the molecule is C[C@@H]1OCC(=O)c2cnc(C(F)(F)F)cc21. The molecule has 6 heteroatoms. The van der Waals surface area contributed by atoms with Gasteiger partial charge >= 0.3 is 6.18 Å². The maximum absolute atomic E-state index is 12.4. The molecule has 0 N–H and O–H groups in total. The average Bonchev–Trinajstić information content (AvgIpc) is 2.22. The van der Waals surface area contributed by atoms with E-state index < -0.39 is 18.0 Å². The van der Waals surface area contributed by atoms with Crippen molar-refractivity contribution in [2.75, 3.05) is 6.61 Å². The summed E-state index contributed by atoms with van der Waals surface area (Å²) in [5.74, 6) is -0.339. The van der Waals surface area contributed by atoms with E-state index in [4.69, 9.17) is 4.74 Å². The number of aromatic nitrogens is 1. The van der Waals surface area contributed by atoms with Gasteiger partial charge < -0.3 is 4.74 Å². The van der Waals surface area contributed by atoms with Gasteiger partial charge in [-0.2, -0.15) is 13.2 Å². The highest BCUT2D eigenvalue weighted by atomic mass is 19.4. The average molecular weight is 231 g/mol. The highest BCUT2D eigenvalue weighted by molar-refractivity contribution is 5.99. The number of halogens is 3. The van der Waals surface area contributed by atoms with Crippen LogP contribution in [0.15, 0.2) is 12.3 Å². The van der Waals surface area contributed by atoms with Crippen molar-refractivity contribution in [3.63, 3.8) is 0 Å². The second-order valence-electron chi connectivity index (χ2n) is 3.53. The van der Waals surface area contributed by atoms with E-state index >= 15 is 0 Å². The first-order valence-corrected chi connectivity index (χ1v) is 4.61. The summed E-state index contributed by atoms with van der Waals surface area (Å²) in [6, 6.07) is 0.872. The van der Waals surface area contributed by atoms with Gasteiger partial charge in [-0.05, 0) is 18.6 Å². The van der Waals surface area contributed by atoms with Crippen molar-refractivity contribution in [3.05, 3.63) is 29.1 Å². The molecule has 0 radical (unpaired) electrons. The van der Waals surface area contributed by atoms with Crippen molar-refractivity contribution in [1.29, 1.82) is 0 Å². The Morgan fingerprint density at radius 2 is 2.19 bits per heavy atom. The molecule has 0 fully saturated rings. The van der Waals surface area contributed by atoms with Gasteiger partial charge in [-0.25, -0.2) is 0 Å². The fourth-order valence-corrected chi connectivity index (χ4v) is 1.56. The third-order valence-electron chi connectivity index (χ3n) is 2.43. The molecule has 1 aliphatic heterocycles. The standard InChI is InChI=1S/C10H8F3NO2/c1-5-6-2-9(10(11,12)13)14-3-7(6)8(15)4-16-5/h2-3,5H,4H2,1H3/t5-/m0/s1. The molecule has 0 unspecified atom stereocenters. The zero-order chi connectivity index (χ0) is 11.9. The van der Waals surface area contributed by atoms with Crippen LogP contribution >= 0.6 is 0 Å². The van der Waals surface area contributed by atoms with E-state index in [1.165, 1.54) is 0 Å². The Hall–Kier alpha value is -1.43. The van der Waals surface area contributed by atoms with E-state index in [0.29, 0.717) is 0 Å². The Kier molecular flexibility index (Phi) is 2.46. The van der Waals surface area contributed by atoms with Crippen LogP contribution in [0.3, 0.4) is 0 Å². The Morgan fingerprint density at radius 1 is 1.50 bits per heavy atom. The van der Waals surface area contributed by atoms with Crippen LogP contribution in [-0.2, 0) is 10.9 Å². The predicted molar refractivity (Wildman–Crippen MR) is 47.9 cm³/mol. The molecule has 1 atom stereocenters. The Bertz CT molecular complexity index is 442. The fraction of sp³-hybridized carbons (Fsp3) is 0.400. The fourth-order valence-electron chi connectivity index (χ4n) is 1.56. The lowest BCUT2D eigenvalue weighted by molar-refractivity contribution is -0.141. The minimum Gasteiger partial charge on any atom is -0.366 e. The van der Waals surface area contributed by atoms with E-state index in [-0.39, 0.29) is 23.5 Å². The predicted octanol–water partition coefficient (Wildman–Crippen LogP) is 2.37. The lowest BCUT2D eigenvalue weighted by Crippen LogP contribution is -2.23. The summed E-state index contributed by atoms with van der Waals surface area (Å²) in [6.45, 7) is 1.49. The lowest BCUT2D eigenvalue weighted by Gasteiger charge is -2.22. The lowest BCUT2D eigenvalue weighted by atomic mass is 9.99. The zero-order valence-electron chi connectivity index (χ0n) is 8.34. The Balaban J connectivity index is 2.52. The van der Waals surface area contributed by atoms with Gasteiger partial charge in [0.1, 0.15) is 12.3 Å². The molecule has 0 aromatic carbocycles. The van der Waals surface area contributed by atoms with Crippen molar-refractivity contribution in [1.82, 2.24) is 4.98 Å². The van der Waals surface area contributed by atoms with Crippen LogP contribution in [0, 0.1) is 0 Å². The summed E-state index contributed by atoms with van der Waals surface area (Å²) >= 11 is 0. The van der Waals surface area contributed by atoms with E-state index in [0.717, 1.165) is 12.3 Å². The quantitative estimate of drug-likeness (QED) is 0.688. The number of ether oxygens (including phenoxy) is 1. The largest absolute Gasteiger partial charge is 0.433 e. The van der Waals surface area contributed by atoms with E-state index in [1.54, 1.807) is 6.92 Å². The molecular weight excluding hydrogens is 223 g/mol. The van der Waals surface area contributed by atoms with Crippen LogP contribution in [0.1, 0.15) is 34.6 Å². The molecule has 0 bridgehead atoms. The first kappa shape index (κ1) is 11.1.